The molecule has 0 aromatic heterocycles. The van der Waals surface area contributed by atoms with Gasteiger partial charge in [0.15, 0.2) is 0 Å². The summed E-state index contributed by atoms with van der Waals surface area (Å²) in [6.07, 6.45) is 1.27. The van der Waals surface area contributed by atoms with E-state index in [2.05, 4.69) is 0 Å². The summed E-state index contributed by atoms with van der Waals surface area (Å²) >= 11 is 0. The number of hydrogen-bond donors (Lipinski definition) is 2. The molecule has 0 fully saturated rings. The Hall–Kier alpha value is -5.76. The summed E-state index contributed by atoms with van der Waals surface area (Å²) in [7, 11) is 0. The Balaban J connectivity index is 1.13. The van der Waals surface area contributed by atoms with Crippen LogP contribution in [0.2, 0.25) is 0 Å². The summed E-state index contributed by atoms with van der Waals surface area (Å²) in [5.41, 5.74) is 4.88. The fourth-order valence-electron chi connectivity index (χ4n) is 6.03. The van der Waals surface area contributed by atoms with Crippen LogP contribution >= 0.6 is 0 Å². The minimum atomic E-state index is -0.736. The van der Waals surface area contributed by atoms with Crippen molar-refractivity contribution in [3.05, 3.63) is 144 Å². The second kappa shape index (κ2) is 14.8. The van der Waals surface area contributed by atoms with E-state index in [1.807, 2.05) is 50.2 Å². The van der Waals surface area contributed by atoms with Crippen molar-refractivity contribution < 1.29 is 37.2 Å². The van der Waals surface area contributed by atoms with Crippen LogP contribution in [0.4, 0.5) is 17.6 Å². The number of phenolic OH excluding ortho intramolecular Hbond substituents is 2. The molecule has 6 aromatic rings. The van der Waals surface area contributed by atoms with Gasteiger partial charge in [0.1, 0.15) is 46.3 Å². The van der Waals surface area contributed by atoms with Crippen LogP contribution in [-0.2, 0) is 0 Å². The van der Waals surface area contributed by atoms with Crippen LogP contribution in [0.5, 0.6) is 23.0 Å². The molecule has 4 nitrogen and oxygen atoms in total. The molecule has 0 bridgehead atoms. The number of benzene rings is 6. The van der Waals surface area contributed by atoms with Gasteiger partial charge in [0.05, 0.1) is 13.2 Å². The monoisotopic (exact) mass is 678 g/mol. The van der Waals surface area contributed by atoms with Crippen molar-refractivity contribution in [2.24, 2.45) is 0 Å². The van der Waals surface area contributed by atoms with Gasteiger partial charge in [-0.2, -0.15) is 0 Å². The van der Waals surface area contributed by atoms with Gasteiger partial charge in [-0.05, 0) is 110 Å². The molecule has 50 heavy (non-hydrogen) atoms. The quantitative estimate of drug-likeness (QED) is 0.106. The van der Waals surface area contributed by atoms with Crippen LogP contribution in [0.3, 0.4) is 0 Å². The fourth-order valence-corrected chi connectivity index (χ4v) is 6.03. The molecule has 8 heteroatoms. The lowest BCUT2D eigenvalue weighted by molar-refractivity contribution is 0.267. The Morgan fingerprint density at radius 1 is 0.440 bits per heavy atom. The van der Waals surface area contributed by atoms with Crippen molar-refractivity contribution in [1.29, 1.82) is 0 Å². The van der Waals surface area contributed by atoms with E-state index in [1.165, 1.54) is 24.3 Å². The molecule has 0 aliphatic rings. The maximum absolute atomic E-state index is 14.0. The van der Waals surface area contributed by atoms with Gasteiger partial charge in [0.2, 0.25) is 0 Å². The second-order valence-corrected chi connectivity index (χ2v) is 12.1. The maximum Gasteiger partial charge on any atom is 0.131 e. The number of halogens is 4. The molecule has 0 aliphatic heterocycles. The first-order chi connectivity index (χ1) is 24.1. The lowest BCUT2D eigenvalue weighted by atomic mass is 9.94. The van der Waals surface area contributed by atoms with Gasteiger partial charge in [-0.15, -0.1) is 0 Å². The molecule has 2 N–H and O–H groups in total. The lowest BCUT2D eigenvalue weighted by Crippen LogP contribution is -2.04. The summed E-state index contributed by atoms with van der Waals surface area (Å²) in [4.78, 5) is 0. The van der Waals surface area contributed by atoms with Crippen LogP contribution in [0.25, 0.3) is 44.5 Å². The van der Waals surface area contributed by atoms with Crippen molar-refractivity contribution in [3.8, 4) is 67.5 Å². The standard InChI is InChI=1S/C42H34F4O4/c1-25-15-35(27-19-29(43)23-30(44)20-27)41(47)37(17-25)33-9-3-5-11-39(33)49-13-7-8-14-50-40-12-6-4-10-34(40)38-18-26(2)16-36(42(38)48)28-21-31(45)24-32(46)22-28/h3-6,9-12,15-24,47-48H,7-8,13-14H2,1-2H3. The molecular formula is C42H34F4O4. The van der Waals surface area contributed by atoms with Crippen LogP contribution in [0.1, 0.15) is 24.0 Å². The molecule has 0 spiro atoms. The van der Waals surface area contributed by atoms with Gasteiger partial charge < -0.3 is 19.7 Å². The SMILES string of the molecule is Cc1cc(-c2cc(F)cc(F)c2)c(O)c(-c2ccccc2OCCCCOc2ccccc2-c2cc(C)cc(-c3cc(F)cc(F)c3)c2O)c1. The van der Waals surface area contributed by atoms with E-state index in [9.17, 15) is 27.8 Å². The van der Waals surface area contributed by atoms with Gasteiger partial charge in [0, 0.05) is 45.5 Å². The number of aromatic hydroxyl groups is 2. The van der Waals surface area contributed by atoms with Gasteiger partial charge in [-0.1, -0.05) is 36.4 Å². The van der Waals surface area contributed by atoms with E-state index in [-0.39, 0.29) is 22.6 Å². The number of para-hydroxylation sites is 2. The molecule has 0 amide bonds. The molecule has 0 aliphatic carbocycles. The minimum absolute atomic E-state index is 0.112. The zero-order chi connectivity index (χ0) is 35.4. The highest BCUT2D eigenvalue weighted by Crippen LogP contribution is 2.44. The maximum atomic E-state index is 14.0. The van der Waals surface area contributed by atoms with Crippen molar-refractivity contribution in [1.82, 2.24) is 0 Å². The van der Waals surface area contributed by atoms with Crippen LogP contribution in [0.15, 0.2) is 109 Å². The largest absolute Gasteiger partial charge is 0.507 e. The average Bonchev–Trinajstić information content (AvgIpc) is 3.07. The number of ether oxygens (including phenoxy) is 2. The molecule has 0 saturated carbocycles. The van der Waals surface area contributed by atoms with E-state index in [4.69, 9.17) is 9.47 Å². The van der Waals surface area contributed by atoms with Crippen LogP contribution < -0.4 is 9.47 Å². The first-order valence-electron chi connectivity index (χ1n) is 16.1. The molecule has 6 aromatic carbocycles. The van der Waals surface area contributed by atoms with Crippen molar-refractivity contribution in [3.63, 3.8) is 0 Å². The zero-order valence-electron chi connectivity index (χ0n) is 27.4. The third kappa shape index (κ3) is 7.60. The predicted molar refractivity (Wildman–Crippen MR) is 187 cm³/mol. The van der Waals surface area contributed by atoms with E-state index >= 15 is 0 Å². The summed E-state index contributed by atoms with van der Waals surface area (Å²) in [5, 5.41) is 22.5. The summed E-state index contributed by atoms with van der Waals surface area (Å²) in [5.74, 6) is -2.09. The van der Waals surface area contributed by atoms with E-state index in [0.29, 0.717) is 70.9 Å². The van der Waals surface area contributed by atoms with E-state index in [0.717, 1.165) is 23.3 Å². The fraction of sp³-hybridized carbons (Fsp3) is 0.143. The van der Waals surface area contributed by atoms with Crippen molar-refractivity contribution >= 4 is 0 Å². The Bertz CT molecular complexity index is 1980. The summed E-state index contributed by atoms with van der Waals surface area (Å²) in [6, 6.07) is 27.8. The molecule has 0 heterocycles. The third-order valence-electron chi connectivity index (χ3n) is 8.26. The summed E-state index contributed by atoms with van der Waals surface area (Å²) in [6.45, 7) is 4.38. The number of hydrogen-bond acceptors (Lipinski definition) is 4. The Labute approximate surface area is 287 Å². The van der Waals surface area contributed by atoms with Crippen LogP contribution in [-0.4, -0.2) is 23.4 Å². The van der Waals surface area contributed by atoms with Gasteiger partial charge >= 0.3 is 0 Å². The number of phenols is 2. The smallest absolute Gasteiger partial charge is 0.131 e. The Morgan fingerprint density at radius 3 is 1.16 bits per heavy atom. The minimum Gasteiger partial charge on any atom is -0.507 e. The lowest BCUT2D eigenvalue weighted by Gasteiger charge is -2.17. The summed E-state index contributed by atoms with van der Waals surface area (Å²) < 4.78 is 68.3. The zero-order valence-corrected chi connectivity index (χ0v) is 27.4. The van der Waals surface area contributed by atoms with Gasteiger partial charge in [-0.3, -0.25) is 0 Å². The molecular weight excluding hydrogens is 644 g/mol. The molecule has 0 radical (unpaired) electrons. The highest BCUT2D eigenvalue weighted by Gasteiger charge is 2.19. The van der Waals surface area contributed by atoms with Crippen LogP contribution in [0, 0.1) is 37.1 Å². The van der Waals surface area contributed by atoms with E-state index in [1.54, 1.807) is 36.4 Å². The number of unbranched alkanes of at least 4 members (excludes halogenated alkanes) is 1. The molecule has 0 unspecified atom stereocenters. The highest BCUT2D eigenvalue weighted by molar-refractivity contribution is 5.86. The topological polar surface area (TPSA) is 58.9 Å². The van der Waals surface area contributed by atoms with Gasteiger partial charge in [-0.25, -0.2) is 17.6 Å². The third-order valence-corrected chi connectivity index (χ3v) is 8.26. The van der Waals surface area contributed by atoms with Crippen molar-refractivity contribution in [2.45, 2.75) is 26.7 Å². The number of rotatable bonds is 11. The molecule has 254 valence electrons. The molecule has 0 saturated heterocycles. The predicted octanol–water partition coefficient (Wildman–Crippen LogP) is 11.2. The number of aryl methyl sites for hydroxylation is 2. The Kier molecular flexibility index (Phi) is 10.1. The second-order valence-electron chi connectivity index (χ2n) is 12.1. The first-order valence-corrected chi connectivity index (χ1v) is 16.1. The van der Waals surface area contributed by atoms with E-state index < -0.39 is 23.3 Å². The van der Waals surface area contributed by atoms with Gasteiger partial charge in [0.25, 0.3) is 0 Å². The average molecular weight is 679 g/mol. The van der Waals surface area contributed by atoms with Crippen molar-refractivity contribution in [2.75, 3.05) is 13.2 Å². The molecule has 6 rings (SSSR count). The highest BCUT2D eigenvalue weighted by atomic mass is 19.1. The molecule has 0 atom stereocenters. The first kappa shape index (κ1) is 34.1. The Morgan fingerprint density at radius 2 is 0.780 bits per heavy atom. The normalized spacial score (nSPS) is 11.1.